The molecule has 4 heteroatoms. The van der Waals surface area contributed by atoms with Gasteiger partial charge in [-0.3, -0.25) is 9.59 Å². The number of benzene rings is 1. The first-order valence-corrected chi connectivity index (χ1v) is 7.48. The first-order chi connectivity index (χ1) is 10.5. The summed E-state index contributed by atoms with van der Waals surface area (Å²) in [5.74, 6) is -0.149. The molecule has 22 heavy (non-hydrogen) atoms. The van der Waals surface area contributed by atoms with Gasteiger partial charge < -0.3 is 9.88 Å². The summed E-state index contributed by atoms with van der Waals surface area (Å²) >= 11 is 0. The Balaban J connectivity index is 1.94. The Labute approximate surface area is 129 Å². The molecule has 0 spiro atoms. The van der Waals surface area contributed by atoms with Crippen LogP contribution in [0.2, 0.25) is 0 Å². The minimum absolute atomic E-state index is 0.0317. The highest BCUT2D eigenvalue weighted by Crippen LogP contribution is 2.35. The Morgan fingerprint density at radius 3 is 2.50 bits per heavy atom. The number of carbonyl (C=O) groups is 2. The molecule has 0 bridgehead atoms. The van der Waals surface area contributed by atoms with Crippen LogP contribution in [-0.2, 0) is 9.59 Å². The monoisotopic (exact) mass is 296 g/mol. The first kappa shape index (κ1) is 14.6. The maximum absolute atomic E-state index is 12.3. The fourth-order valence-electron chi connectivity index (χ4n) is 3.12. The van der Waals surface area contributed by atoms with E-state index in [-0.39, 0.29) is 17.5 Å². The summed E-state index contributed by atoms with van der Waals surface area (Å²) in [5.41, 5.74) is 3.65. The van der Waals surface area contributed by atoms with Gasteiger partial charge >= 0.3 is 0 Å². The van der Waals surface area contributed by atoms with Crippen LogP contribution in [0.4, 0.5) is 0 Å². The highest BCUT2D eigenvalue weighted by Gasteiger charge is 2.32. The van der Waals surface area contributed by atoms with Crippen LogP contribution in [0.1, 0.15) is 29.9 Å². The number of fused-ring (bicyclic) bond motifs is 1. The summed E-state index contributed by atoms with van der Waals surface area (Å²) in [6.45, 7) is 2.05. The van der Waals surface area contributed by atoms with Crippen LogP contribution in [-0.4, -0.2) is 35.5 Å². The van der Waals surface area contributed by atoms with Crippen LogP contribution in [0, 0.1) is 6.92 Å². The van der Waals surface area contributed by atoms with Crippen molar-refractivity contribution < 1.29 is 9.59 Å². The number of H-pyrrole nitrogens is 1. The molecule has 0 amide bonds. The predicted molar refractivity (Wildman–Crippen MR) is 86.8 cm³/mol. The van der Waals surface area contributed by atoms with E-state index in [2.05, 4.69) is 23.2 Å². The second kappa shape index (κ2) is 5.44. The number of aromatic nitrogens is 1. The molecule has 4 nitrogen and oxygen atoms in total. The molecular formula is C18H20N2O2. The lowest BCUT2D eigenvalue weighted by Crippen LogP contribution is -2.26. The number of hydrogen-bond donors (Lipinski definition) is 1. The third-order valence-corrected chi connectivity index (χ3v) is 4.16. The standard InChI is InChI=1S/C18H20N2O2/c1-11-4-5-13-14(9-19-16(13)6-11)12-7-17(21)15(10-20(2)3)18(22)8-12/h4-6,9-10,12,19H,7-8H2,1-3H3. The van der Waals surface area contributed by atoms with Crippen LogP contribution in [0.3, 0.4) is 0 Å². The van der Waals surface area contributed by atoms with E-state index >= 15 is 0 Å². The molecule has 1 aromatic carbocycles. The number of rotatable bonds is 2. The molecule has 0 unspecified atom stereocenters. The molecule has 1 saturated carbocycles. The van der Waals surface area contributed by atoms with Gasteiger partial charge in [0.25, 0.3) is 0 Å². The van der Waals surface area contributed by atoms with Crippen molar-refractivity contribution in [2.45, 2.75) is 25.7 Å². The fourth-order valence-corrected chi connectivity index (χ4v) is 3.12. The lowest BCUT2D eigenvalue weighted by atomic mass is 9.80. The molecule has 114 valence electrons. The summed E-state index contributed by atoms with van der Waals surface area (Å²) < 4.78 is 0. The van der Waals surface area contributed by atoms with E-state index in [4.69, 9.17) is 0 Å². The quantitative estimate of drug-likeness (QED) is 0.685. The van der Waals surface area contributed by atoms with Gasteiger partial charge in [-0.05, 0) is 24.1 Å². The smallest absolute Gasteiger partial charge is 0.168 e. The van der Waals surface area contributed by atoms with E-state index in [1.165, 1.54) is 5.56 Å². The number of nitrogens with one attached hydrogen (secondary N) is 1. The predicted octanol–water partition coefficient (Wildman–Crippen LogP) is 2.94. The SMILES string of the molecule is Cc1ccc2c(C3CC(=O)C(=CN(C)C)C(=O)C3)c[nH]c2c1. The molecular weight excluding hydrogens is 276 g/mol. The molecule has 1 aromatic heterocycles. The van der Waals surface area contributed by atoms with Crippen molar-refractivity contribution in [3.63, 3.8) is 0 Å². The lowest BCUT2D eigenvalue weighted by molar-refractivity contribution is -0.124. The average molecular weight is 296 g/mol. The number of aromatic amines is 1. The van der Waals surface area contributed by atoms with Crippen molar-refractivity contribution in [3.8, 4) is 0 Å². The Bertz CT molecular complexity index is 763. The zero-order valence-electron chi connectivity index (χ0n) is 13.1. The van der Waals surface area contributed by atoms with Crippen molar-refractivity contribution in [3.05, 3.63) is 47.3 Å². The van der Waals surface area contributed by atoms with E-state index in [9.17, 15) is 9.59 Å². The molecule has 1 aliphatic carbocycles. The Morgan fingerprint density at radius 2 is 1.86 bits per heavy atom. The van der Waals surface area contributed by atoms with Crippen LogP contribution in [0.15, 0.2) is 36.2 Å². The van der Waals surface area contributed by atoms with Gasteiger partial charge in [0.2, 0.25) is 0 Å². The second-order valence-corrected chi connectivity index (χ2v) is 6.25. The molecule has 3 rings (SSSR count). The van der Waals surface area contributed by atoms with Crippen molar-refractivity contribution in [2.75, 3.05) is 14.1 Å². The molecule has 1 N–H and O–H groups in total. The van der Waals surface area contributed by atoms with Crippen LogP contribution < -0.4 is 0 Å². The number of ketones is 2. The molecule has 1 aliphatic rings. The van der Waals surface area contributed by atoms with Gasteiger partial charge in [0.15, 0.2) is 11.6 Å². The van der Waals surface area contributed by atoms with Crippen molar-refractivity contribution in [1.82, 2.24) is 9.88 Å². The minimum Gasteiger partial charge on any atom is -0.383 e. The number of hydrogen-bond acceptors (Lipinski definition) is 3. The molecule has 1 heterocycles. The molecule has 2 aromatic rings. The number of aryl methyl sites for hydroxylation is 1. The number of Topliss-reactive ketones (excluding diaryl/α,β-unsaturated/α-hetero) is 2. The molecule has 0 saturated heterocycles. The maximum atomic E-state index is 12.3. The molecule has 1 fully saturated rings. The molecule has 0 atom stereocenters. The van der Waals surface area contributed by atoms with Crippen molar-refractivity contribution in [2.24, 2.45) is 0 Å². The van der Waals surface area contributed by atoms with E-state index in [0.29, 0.717) is 18.4 Å². The van der Waals surface area contributed by atoms with Crippen molar-refractivity contribution >= 4 is 22.5 Å². The fraction of sp³-hybridized carbons (Fsp3) is 0.333. The zero-order valence-corrected chi connectivity index (χ0v) is 13.1. The summed E-state index contributed by atoms with van der Waals surface area (Å²) in [7, 11) is 3.64. The third-order valence-electron chi connectivity index (χ3n) is 4.16. The first-order valence-electron chi connectivity index (χ1n) is 7.48. The van der Waals surface area contributed by atoms with Gasteiger partial charge in [-0.1, -0.05) is 12.1 Å². The zero-order chi connectivity index (χ0) is 15.9. The topological polar surface area (TPSA) is 53.2 Å². The highest BCUT2D eigenvalue weighted by atomic mass is 16.1. The molecule has 0 aliphatic heterocycles. The average Bonchev–Trinajstić information content (AvgIpc) is 2.85. The number of nitrogens with zero attached hydrogens (tertiary/aromatic N) is 1. The van der Waals surface area contributed by atoms with Gasteiger partial charge in [0, 0.05) is 56.2 Å². The van der Waals surface area contributed by atoms with E-state index < -0.39 is 0 Å². The normalized spacial score (nSPS) is 18.9. The molecule has 0 radical (unpaired) electrons. The number of allylic oxidation sites excluding steroid dienone is 1. The minimum atomic E-state index is -0.0589. The van der Waals surface area contributed by atoms with Gasteiger partial charge in [0.1, 0.15) is 0 Å². The van der Waals surface area contributed by atoms with E-state index in [0.717, 1.165) is 16.5 Å². The van der Waals surface area contributed by atoms with Gasteiger partial charge in [-0.15, -0.1) is 0 Å². The summed E-state index contributed by atoms with van der Waals surface area (Å²) in [6, 6.07) is 6.21. The van der Waals surface area contributed by atoms with E-state index in [1.54, 1.807) is 11.1 Å². The third kappa shape index (κ3) is 2.56. The van der Waals surface area contributed by atoms with Gasteiger partial charge in [0.05, 0.1) is 5.57 Å². The van der Waals surface area contributed by atoms with Gasteiger partial charge in [-0.2, -0.15) is 0 Å². The van der Waals surface area contributed by atoms with E-state index in [1.807, 2.05) is 27.2 Å². The summed E-state index contributed by atoms with van der Waals surface area (Å²) in [4.78, 5) is 29.6. The maximum Gasteiger partial charge on any atom is 0.168 e. The Hall–Kier alpha value is -2.36. The Kier molecular flexibility index (Phi) is 3.61. The van der Waals surface area contributed by atoms with Crippen molar-refractivity contribution in [1.29, 1.82) is 0 Å². The second-order valence-electron chi connectivity index (χ2n) is 6.25. The van der Waals surface area contributed by atoms with Gasteiger partial charge in [-0.25, -0.2) is 0 Å². The number of carbonyl (C=O) groups excluding carboxylic acids is 2. The largest absolute Gasteiger partial charge is 0.383 e. The van der Waals surface area contributed by atoms with Crippen LogP contribution in [0.25, 0.3) is 10.9 Å². The van der Waals surface area contributed by atoms with Crippen LogP contribution >= 0.6 is 0 Å². The Morgan fingerprint density at radius 1 is 1.18 bits per heavy atom. The summed E-state index contributed by atoms with van der Waals surface area (Å²) in [6.07, 6.45) is 4.37. The van der Waals surface area contributed by atoms with Crippen LogP contribution in [0.5, 0.6) is 0 Å². The summed E-state index contributed by atoms with van der Waals surface area (Å²) in [5, 5.41) is 1.11. The lowest BCUT2D eigenvalue weighted by Gasteiger charge is -2.22. The highest BCUT2D eigenvalue weighted by molar-refractivity contribution is 6.22.